The van der Waals surface area contributed by atoms with E-state index in [-0.39, 0.29) is 6.61 Å². The number of hydrogen-bond donors (Lipinski definition) is 0. The first kappa shape index (κ1) is 26.7. The number of nitrogens with zero attached hydrogens (tertiary/aromatic N) is 3. The van der Waals surface area contributed by atoms with E-state index in [1.807, 2.05) is 42.5 Å². The zero-order valence-electron chi connectivity index (χ0n) is 21.2. The molecular formula is C26H27N3O9. The van der Waals surface area contributed by atoms with Crippen molar-refractivity contribution in [3.05, 3.63) is 48.7 Å². The predicted octanol–water partition coefficient (Wildman–Crippen LogP) is 2.35. The summed E-state index contributed by atoms with van der Waals surface area (Å²) in [5.74, 6) is -2.72. The highest BCUT2D eigenvalue weighted by molar-refractivity contribution is 5.86. The fourth-order valence-electron chi connectivity index (χ4n) is 4.30. The van der Waals surface area contributed by atoms with E-state index >= 15 is 0 Å². The van der Waals surface area contributed by atoms with Crippen molar-refractivity contribution in [3.8, 4) is 11.3 Å². The molecule has 1 aromatic heterocycles. The van der Waals surface area contributed by atoms with Gasteiger partial charge in [-0.3, -0.25) is 19.2 Å². The number of hydrogen-bond acceptors (Lipinski definition) is 11. The molecular weight excluding hydrogens is 498 g/mol. The van der Waals surface area contributed by atoms with Gasteiger partial charge in [0.1, 0.15) is 18.4 Å². The van der Waals surface area contributed by atoms with E-state index in [1.165, 1.54) is 18.5 Å². The highest BCUT2D eigenvalue weighted by atomic mass is 16.7. The standard InChI is InChI=1S/C26H27N3O9/c1-14(30)34-13-22-23(35-15(2)31)24(36-16(3)32)25(37-17(4)33)26(38-22)29-12-21(27-28-29)20-10-9-18-7-5-6-8-19(18)11-20/h5-12,22-26H,13H2,1-4H3/t22-,23-,24+,25-,26-/m1/s1. The van der Waals surface area contributed by atoms with Crippen molar-refractivity contribution in [1.82, 2.24) is 15.0 Å². The average Bonchev–Trinajstić information content (AvgIpc) is 3.34. The molecule has 0 amide bonds. The number of fused-ring (bicyclic) bond motifs is 1. The molecule has 0 bridgehead atoms. The van der Waals surface area contributed by atoms with Crippen LogP contribution in [0.15, 0.2) is 48.7 Å². The van der Waals surface area contributed by atoms with Crippen molar-refractivity contribution < 1.29 is 42.9 Å². The van der Waals surface area contributed by atoms with Gasteiger partial charge in [-0.05, 0) is 16.8 Å². The number of rotatable bonds is 7. The molecule has 1 saturated heterocycles. The second-order valence-electron chi connectivity index (χ2n) is 8.74. The Morgan fingerprint density at radius 3 is 2.11 bits per heavy atom. The minimum atomic E-state index is -1.30. The maximum atomic E-state index is 12.1. The fourth-order valence-corrected chi connectivity index (χ4v) is 4.30. The van der Waals surface area contributed by atoms with Gasteiger partial charge in [-0.2, -0.15) is 0 Å². The van der Waals surface area contributed by atoms with Crippen molar-refractivity contribution in [2.24, 2.45) is 0 Å². The zero-order valence-corrected chi connectivity index (χ0v) is 21.2. The van der Waals surface area contributed by atoms with Gasteiger partial charge in [-0.1, -0.05) is 41.6 Å². The Hall–Kier alpha value is -4.32. The van der Waals surface area contributed by atoms with Gasteiger partial charge in [0.25, 0.3) is 0 Å². The number of carbonyl (C=O) groups is 4. The molecule has 0 N–H and O–H groups in total. The zero-order chi connectivity index (χ0) is 27.4. The van der Waals surface area contributed by atoms with Crippen LogP contribution in [0.1, 0.15) is 33.9 Å². The summed E-state index contributed by atoms with van der Waals surface area (Å²) in [7, 11) is 0. The summed E-state index contributed by atoms with van der Waals surface area (Å²) >= 11 is 0. The lowest BCUT2D eigenvalue weighted by Crippen LogP contribution is -2.60. The van der Waals surface area contributed by atoms with Crippen LogP contribution in [-0.4, -0.2) is 69.9 Å². The SMILES string of the molecule is CC(=O)OC[C@H]1O[C@@H](n2cc(-c3ccc4ccccc4c3)nn2)[C@H](OC(C)=O)[C@@H](OC(C)=O)[C@@H]1OC(C)=O. The molecule has 5 atom stereocenters. The van der Waals surface area contributed by atoms with Crippen LogP contribution < -0.4 is 0 Å². The van der Waals surface area contributed by atoms with Gasteiger partial charge in [0, 0.05) is 33.3 Å². The molecule has 0 spiro atoms. The Labute approximate surface area is 217 Å². The number of ether oxygens (including phenoxy) is 5. The van der Waals surface area contributed by atoms with Crippen molar-refractivity contribution in [2.45, 2.75) is 58.3 Å². The van der Waals surface area contributed by atoms with Gasteiger partial charge < -0.3 is 23.7 Å². The van der Waals surface area contributed by atoms with E-state index in [0.717, 1.165) is 30.2 Å². The van der Waals surface area contributed by atoms with E-state index < -0.39 is 54.5 Å². The summed E-state index contributed by atoms with van der Waals surface area (Å²) < 4.78 is 28.9. The molecule has 200 valence electrons. The molecule has 2 aromatic carbocycles. The van der Waals surface area contributed by atoms with Crippen LogP contribution in [0.25, 0.3) is 22.0 Å². The first-order valence-corrected chi connectivity index (χ1v) is 11.8. The van der Waals surface area contributed by atoms with Crippen LogP contribution in [0.5, 0.6) is 0 Å². The molecule has 38 heavy (non-hydrogen) atoms. The summed E-state index contributed by atoms with van der Waals surface area (Å²) in [5.41, 5.74) is 1.28. The highest BCUT2D eigenvalue weighted by Crippen LogP contribution is 2.35. The fraction of sp³-hybridized carbons (Fsp3) is 0.385. The van der Waals surface area contributed by atoms with E-state index in [9.17, 15) is 19.2 Å². The van der Waals surface area contributed by atoms with E-state index in [0.29, 0.717) is 5.69 Å². The van der Waals surface area contributed by atoms with E-state index in [1.54, 1.807) is 6.20 Å². The maximum absolute atomic E-state index is 12.1. The number of esters is 4. The third-order valence-electron chi connectivity index (χ3n) is 5.78. The second-order valence-corrected chi connectivity index (χ2v) is 8.74. The second kappa shape index (κ2) is 11.4. The Morgan fingerprint density at radius 2 is 1.45 bits per heavy atom. The van der Waals surface area contributed by atoms with Crippen molar-refractivity contribution in [2.75, 3.05) is 6.61 Å². The van der Waals surface area contributed by atoms with Crippen LogP contribution in [0.2, 0.25) is 0 Å². The molecule has 0 unspecified atom stereocenters. The molecule has 4 rings (SSSR count). The molecule has 2 heterocycles. The molecule has 1 fully saturated rings. The third-order valence-corrected chi connectivity index (χ3v) is 5.78. The third kappa shape index (κ3) is 6.14. The van der Waals surface area contributed by atoms with Crippen molar-refractivity contribution in [1.29, 1.82) is 0 Å². The molecule has 3 aromatic rings. The number of carbonyl (C=O) groups excluding carboxylic acids is 4. The van der Waals surface area contributed by atoms with Crippen LogP contribution >= 0.6 is 0 Å². The van der Waals surface area contributed by atoms with Crippen LogP contribution in [0, 0.1) is 0 Å². The van der Waals surface area contributed by atoms with Crippen LogP contribution in [0.4, 0.5) is 0 Å². The van der Waals surface area contributed by atoms with Gasteiger partial charge in [-0.15, -0.1) is 5.10 Å². The molecule has 12 heteroatoms. The first-order chi connectivity index (χ1) is 18.1. The van der Waals surface area contributed by atoms with E-state index in [4.69, 9.17) is 23.7 Å². The van der Waals surface area contributed by atoms with Gasteiger partial charge in [0.15, 0.2) is 24.5 Å². The van der Waals surface area contributed by atoms with Gasteiger partial charge in [-0.25, -0.2) is 4.68 Å². The minimum absolute atomic E-state index is 0.333. The Morgan fingerprint density at radius 1 is 0.816 bits per heavy atom. The molecule has 0 saturated carbocycles. The lowest BCUT2D eigenvalue weighted by atomic mass is 9.97. The maximum Gasteiger partial charge on any atom is 0.303 e. The quantitative estimate of drug-likeness (QED) is 0.331. The molecule has 1 aliphatic heterocycles. The summed E-state index contributed by atoms with van der Waals surface area (Å²) in [6.45, 7) is 4.37. The minimum Gasteiger partial charge on any atom is -0.463 e. The highest BCUT2D eigenvalue weighted by Gasteiger charge is 2.53. The van der Waals surface area contributed by atoms with Gasteiger partial charge in [0.2, 0.25) is 0 Å². The number of benzene rings is 2. The molecule has 1 aliphatic rings. The normalized spacial score (nSPS) is 22.9. The first-order valence-electron chi connectivity index (χ1n) is 11.8. The summed E-state index contributed by atoms with van der Waals surface area (Å²) in [6.07, 6.45) is -4.49. The molecule has 0 aliphatic carbocycles. The lowest BCUT2D eigenvalue weighted by Gasteiger charge is -2.44. The number of aromatic nitrogens is 3. The Balaban J connectivity index is 1.74. The summed E-state index contributed by atoms with van der Waals surface area (Å²) in [5, 5.41) is 10.5. The van der Waals surface area contributed by atoms with Crippen LogP contribution in [0.3, 0.4) is 0 Å². The average molecular weight is 526 g/mol. The smallest absolute Gasteiger partial charge is 0.303 e. The molecule has 0 radical (unpaired) electrons. The van der Waals surface area contributed by atoms with Crippen molar-refractivity contribution in [3.63, 3.8) is 0 Å². The Bertz CT molecular complexity index is 1350. The Kier molecular flexibility index (Phi) is 8.01. The predicted molar refractivity (Wildman–Crippen MR) is 130 cm³/mol. The largest absolute Gasteiger partial charge is 0.463 e. The summed E-state index contributed by atoms with van der Waals surface area (Å²) in [6, 6.07) is 13.7. The van der Waals surface area contributed by atoms with Crippen molar-refractivity contribution >= 4 is 34.6 Å². The van der Waals surface area contributed by atoms with Gasteiger partial charge >= 0.3 is 23.9 Å². The van der Waals surface area contributed by atoms with Crippen LogP contribution in [-0.2, 0) is 42.9 Å². The van der Waals surface area contributed by atoms with Gasteiger partial charge in [0.05, 0.1) is 6.20 Å². The topological polar surface area (TPSA) is 145 Å². The molecule has 12 nitrogen and oxygen atoms in total. The summed E-state index contributed by atoms with van der Waals surface area (Å²) in [4.78, 5) is 47.5. The van der Waals surface area contributed by atoms with E-state index in [2.05, 4.69) is 10.3 Å². The lowest BCUT2D eigenvalue weighted by molar-refractivity contribution is -0.270. The monoisotopic (exact) mass is 525 g/mol.